The molecule has 1 atom stereocenters. The molecule has 0 saturated carbocycles. The van der Waals surface area contributed by atoms with Crippen molar-refractivity contribution in [1.29, 1.82) is 0 Å². The lowest BCUT2D eigenvalue weighted by atomic mass is 10.3. The topological polar surface area (TPSA) is 44.8 Å². The Kier molecular flexibility index (Phi) is 6.67. The zero-order chi connectivity index (χ0) is 11.9. The monoisotopic (exact) mass is 232 g/mol. The summed E-state index contributed by atoms with van der Waals surface area (Å²) in [5.74, 6) is -0.159. The summed E-state index contributed by atoms with van der Waals surface area (Å²) in [6, 6.07) is 0. The van der Waals surface area contributed by atoms with E-state index < -0.39 is 14.9 Å². The van der Waals surface area contributed by atoms with Crippen molar-refractivity contribution in [2.75, 3.05) is 13.2 Å². The molecule has 0 saturated heterocycles. The molecule has 0 aromatic carbocycles. The van der Waals surface area contributed by atoms with E-state index in [9.17, 15) is 4.79 Å². The highest BCUT2D eigenvalue weighted by molar-refractivity contribution is 6.59. The van der Waals surface area contributed by atoms with Gasteiger partial charge in [-0.2, -0.15) is 0 Å². The number of carbonyl (C=O) groups excluding carboxylic acids is 1. The molecule has 0 fully saturated rings. The first kappa shape index (κ1) is 14.5. The molecule has 0 spiro atoms. The van der Waals surface area contributed by atoms with Crippen LogP contribution in [0.3, 0.4) is 0 Å². The van der Waals surface area contributed by atoms with Crippen molar-refractivity contribution in [3.8, 4) is 0 Å². The summed E-state index contributed by atoms with van der Waals surface area (Å²) >= 11 is 0. The molecular weight excluding hydrogens is 212 g/mol. The molecule has 4 nitrogen and oxygen atoms in total. The molecule has 0 aliphatic heterocycles. The van der Waals surface area contributed by atoms with Gasteiger partial charge in [-0.05, 0) is 26.8 Å². The third kappa shape index (κ3) is 5.22. The normalized spacial score (nSPS) is 13.6. The lowest BCUT2D eigenvalue weighted by Gasteiger charge is -2.27. The summed E-state index contributed by atoms with van der Waals surface area (Å²) in [6.45, 7) is 11.6. The molecule has 15 heavy (non-hydrogen) atoms. The maximum absolute atomic E-state index is 11.3. The highest BCUT2D eigenvalue weighted by atomic mass is 28.4. The fraction of sp³-hybridized carbons (Fsp3) is 0.700. The summed E-state index contributed by atoms with van der Waals surface area (Å²) in [6.07, 6.45) is 0.689. The van der Waals surface area contributed by atoms with Gasteiger partial charge in [-0.1, -0.05) is 6.58 Å². The number of rotatable bonds is 8. The van der Waals surface area contributed by atoms with Gasteiger partial charge in [0.15, 0.2) is 5.78 Å². The SMILES string of the molecule is C=CC(=O)C(C)O[Si](C)(OCC)OCC. The molecule has 0 radical (unpaired) electrons. The van der Waals surface area contributed by atoms with Crippen LogP contribution in [0.1, 0.15) is 20.8 Å². The summed E-state index contributed by atoms with van der Waals surface area (Å²) in [5, 5.41) is 0. The van der Waals surface area contributed by atoms with Crippen LogP contribution in [0, 0.1) is 0 Å². The van der Waals surface area contributed by atoms with E-state index in [2.05, 4.69) is 6.58 Å². The standard InChI is InChI=1S/C10H20O4Si/c1-6-10(11)9(4)14-15(5,12-7-2)13-8-3/h6,9H,1,7-8H2,2-5H3. The summed E-state index contributed by atoms with van der Waals surface area (Å²) in [4.78, 5) is 11.3. The lowest BCUT2D eigenvalue weighted by Crippen LogP contribution is -2.46. The predicted octanol–water partition coefficient (Wildman–Crippen LogP) is 1.79. The average molecular weight is 232 g/mol. The maximum atomic E-state index is 11.3. The van der Waals surface area contributed by atoms with Crippen LogP contribution in [-0.2, 0) is 18.1 Å². The Bertz CT molecular complexity index is 211. The minimum absolute atomic E-state index is 0.159. The van der Waals surface area contributed by atoms with E-state index in [-0.39, 0.29) is 5.78 Å². The third-order valence-corrected chi connectivity index (χ3v) is 4.21. The van der Waals surface area contributed by atoms with Crippen LogP contribution in [0.4, 0.5) is 0 Å². The van der Waals surface area contributed by atoms with Gasteiger partial charge < -0.3 is 13.3 Å². The molecule has 0 bridgehead atoms. The molecule has 5 heteroatoms. The van der Waals surface area contributed by atoms with Gasteiger partial charge in [0.05, 0.1) is 0 Å². The van der Waals surface area contributed by atoms with Crippen molar-refractivity contribution in [2.45, 2.75) is 33.4 Å². The van der Waals surface area contributed by atoms with E-state index >= 15 is 0 Å². The number of ketones is 1. The van der Waals surface area contributed by atoms with E-state index in [1.807, 2.05) is 13.8 Å². The fourth-order valence-corrected chi connectivity index (χ4v) is 3.21. The molecule has 1 unspecified atom stereocenters. The molecule has 0 amide bonds. The molecule has 0 aromatic rings. The largest absolute Gasteiger partial charge is 0.498 e. The Morgan fingerprint density at radius 3 is 2.20 bits per heavy atom. The second-order valence-electron chi connectivity index (χ2n) is 3.09. The Labute approximate surface area is 92.6 Å². The van der Waals surface area contributed by atoms with Crippen molar-refractivity contribution in [2.24, 2.45) is 0 Å². The van der Waals surface area contributed by atoms with Crippen LogP contribution in [0.5, 0.6) is 0 Å². The lowest BCUT2D eigenvalue weighted by molar-refractivity contribution is -0.122. The van der Waals surface area contributed by atoms with Crippen LogP contribution in [0.25, 0.3) is 0 Å². The Morgan fingerprint density at radius 1 is 1.40 bits per heavy atom. The number of carbonyl (C=O) groups is 1. The molecule has 0 aliphatic carbocycles. The third-order valence-electron chi connectivity index (χ3n) is 1.81. The molecule has 88 valence electrons. The minimum atomic E-state index is -2.66. The van der Waals surface area contributed by atoms with Crippen molar-refractivity contribution in [3.63, 3.8) is 0 Å². The second kappa shape index (κ2) is 6.89. The molecule has 0 rings (SSSR count). The fourth-order valence-electron chi connectivity index (χ4n) is 1.18. The zero-order valence-corrected chi connectivity index (χ0v) is 10.9. The zero-order valence-electron chi connectivity index (χ0n) is 9.91. The quantitative estimate of drug-likeness (QED) is 0.473. The number of hydrogen-bond acceptors (Lipinski definition) is 4. The molecule has 0 aromatic heterocycles. The summed E-state index contributed by atoms with van der Waals surface area (Å²) in [5.41, 5.74) is 0. The van der Waals surface area contributed by atoms with Gasteiger partial charge >= 0.3 is 8.80 Å². The van der Waals surface area contributed by atoms with Crippen molar-refractivity contribution >= 4 is 14.6 Å². The van der Waals surface area contributed by atoms with Crippen molar-refractivity contribution in [1.82, 2.24) is 0 Å². The van der Waals surface area contributed by atoms with E-state index in [4.69, 9.17) is 13.3 Å². The Balaban J connectivity index is 4.38. The van der Waals surface area contributed by atoms with E-state index in [1.54, 1.807) is 13.5 Å². The molecule has 0 N–H and O–H groups in total. The second-order valence-corrected chi connectivity index (χ2v) is 5.63. The Morgan fingerprint density at radius 2 is 1.87 bits per heavy atom. The van der Waals surface area contributed by atoms with Gasteiger partial charge in [-0.3, -0.25) is 4.79 Å². The van der Waals surface area contributed by atoms with E-state index in [0.717, 1.165) is 0 Å². The van der Waals surface area contributed by atoms with Crippen LogP contribution in [0.15, 0.2) is 12.7 Å². The van der Waals surface area contributed by atoms with Crippen LogP contribution in [0.2, 0.25) is 6.55 Å². The van der Waals surface area contributed by atoms with Crippen molar-refractivity contribution in [3.05, 3.63) is 12.7 Å². The van der Waals surface area contributed by atoms with Gasteiger partial charge in [0, 0.05) is 19.8 Å². The number of hydrogen-bond donors (Lipinski definition) is 0. The minimum Gasteiger partial charge on any atom is -0.374 e. The van der Waals surface area contributed by atoms with Gasteiger partial charge in [0.25, 0.3) is 0 Å². The molecule has 0 heterocycles. The van der Waals surface area contributed by atoms with E-state index in [0.29, 0.717) is 13.2 Å². The van der Waals surface area contributed by atoms with E-state index in [1.165, 1.54) is 6.08 Å². The van der Waals surface area contributed by atoms with Gasteiger partial charge in [0.2, 0.25) is 0 Å². The van der Waals surface area contributed by atoms with Gasteiger partial charge in [-0.15, -0.1) is 0 Å². The first-order chi connectivity index (χ1) is 6.99. The van der Waals surface area contributed by atoms with Crippen LogP contribution in [-0.4, -0.2) is 33.9 Å². The summed E-state index contributed by atoms with van der Waals surface area (Å²) < 4.78 is 16.4. The van der Waals surface area contributed by atoms with Crippen LogP contribution < -0.4 is 0 Å². The molecule has 0 aliphatic rings. The average Bonchev–Trinajstić information content (AvgIpc) is 2.16. The van der Waals surface area contributed by atoms with Gasteiger partial charge in [0.1, 0.15) is 6.10 Å². The highest BCUT2D eigenvalue weighted by Crippen LogP contribution is 2.12. The first-order valence-corrected chi connectivity index (χ1v) is 7.33. The molecular formula is C10H20O4Si. The van der Waals surface area contributed by atoms with Crippen molar-refractivity contribution < 1.29 is 18.1 Å². The van der Waals surface area contributed by atoms with Gasteiger partial charge in [-0.25, -0.2) is 0 Å². The highest BCUT2D eigenvalue weighted by Gasteiger charge is 2.37. The first-order valence-electron chi connectivity index (χ1n) is 5.11. The Hall–Kier alpha value is -0.493. The maximum Gasteiger partial charge on any atom is 0.498 e. The smallest absolute Gasteiger partial charge is 0.374 e. The summed E-state index contributed by atoms with van der Waals surface area (Å²) in [7, 11) is -2.66. The van der Waals surface area contributed by atoms with Crippen LogP contribution >= 0.6 is 0 Å². The predicted molar refractivity (Wildman–Crippen MR) is 60.6 cm³/mol.